The van der Waals surface area contributed by atoms with Crippen molar-refractivity contribution in [2.24, 2.45) is 7.05 Å². The highest BCUT2D eigenvalue weighted by atomic mass is 16.6. The van der Waals surface area contributed by atoms with Gasteiger partial charge in [0.25, 0.3) is 5.91 Å². The molecule has 0 saturated heterocycles. The van der Waals surface area contributed by atoms with Gasteiger partial charge >= 0.3 is 0 Å². The first kappa shape index (κ1) is 17.0. The molecule has 1 aliphatic heterocycles. The van der Waals surface area contributed by atoms with Crippen molar-refractivity contribution < 1.29 is 19.0 Å². The minimum Gasteiger partial charge on any atom is -0.486 e. The molecule has 4 rings (SSSR count). The number of aromatic nitrogens is 4. The molecule has 1 aliphatic rings. The lowest BCUT2D eigenvalue weighted by Gasteiger charge is -2.26. The molecule has 3 heterocycles. The Morgan fingerprint density at radius 1 is 1.33 bits per heavy atom. The van der Waals surface area contributed by atoms with Crippen LogP contribution in [0.4, 0.5) is 5.69 Å². The highest BCUT2D eigenvalue weighted by Crippen LogP contribution is 2.31. The zero-order valence-corrected chi connectivity index (χ0v) is 15.0. The van der Waals surface area contributed by atoms with Crippen LogP contribution in [0.1, 0.15) is 10.4 Å². The number of benzene rings is 1. The van der Waals surface area contributed by atoms with Crippen LogP contribution in [-0.2, 0) is 13.6 Å². The fraction of sp³-hybridized carbons (Fsp3) is 0.278. The molecule has 1 N–H and O–H groups in total. The van der Waals surface area contributed by atoms with E-state index in [1.165, 1.54) is 11.8 Å². The predicted molar refractivity (Wildman–Crippen MR) is 96.3 cm³/mol. The maximum atomic E-state index is 12.4. The molecule has 0 radical (unpaired) electrons. The molecular weight excluding hydrogens is 350 g/mol. The number of methoxy groups -OCH3 is 1. The van der Waals surface area contributed by atoms with Gasteiger partial charge in [-0.2, -0.15) is 5.10 Å². The van der Waals surface area contributed by atoms with Crippen LogP contribution in [0.3, 0.4) is 0 Å². The molecule has 9 nitrogen and oxygen atoms in total. The summed E-state index contributed by atoms with van der Waals surface area (Å²) in [6, 6.07) is 7.55. The normalized spacial score (nSPS) is 15.4. The lowest BCUT2D eigenvalue weighted by molar-refractivity contribution is 0.0759. The SMILES string of the molecule is COc1nn(C)cc1C(=O)Nc1cnn(C[C@@H]2COc3ccccc3O2)c1. The lowest BCUT2D eigenvalue weighted by Crippen LogP contribution is -2.33. The number of nitrogens with one attached hydrogen (secondary N) is 1. The number of hydrogen-bond donors (Lipinski definition) is 1. The summed E-state index contributed by atoms with van der Waals surface area (Å²) < 4.78 is 20.0. The Bertz CT molecular complexity index is 964. The summed E-state index contributed by atoms with van der Waals surface area (Å²) in [5, 5.41) is 11.1. The molecule has 0 fully saturated rings. The van der Waals surface area contributed by atoms with E-state index in [0.29, 0.717) is 24.4 Å². The van der Waals surface area contributed by atoms with Crippen molar-refractivity contribution >= 4 is 11.6 Å². The number of carbonyl (C=O) groups is 1. The molecule has 1 amide bonds. The third-order valence-corrected chi connectivity index (χ3v) is 4.08. The number of anilines is 1. The summed E-state index contributed by atoms with van der Waals surface area (Å²) in [5.41, 5.74) is 0.927. The quantitative estimate of drug-likeness (QED) is 0.736. The number of para-hydroxylation sites is 2. The summed E-state index contributed by atoms with van der Waals surface area (Å²) in [5.74, 6) is 1.42. The molecule has 27 heavy (non-hydrogen) atoms. The zero-order chi connectivity index (χ0) is 18.8. The van der Waals surface area contributed by atoms with Gasteiger partial charge in [-0.1, -0.05) is 12.1 Å². The van der Waals surface area contributed by atoms with E-state index in [9.17, 15) is 4.79 Å². The Labute approximate surface area is 155 Å². The molecule has 0 bridgehead atoms. The fourth-order valence-corrected chi connectivity index (χ4v) is 2.86. The maximum Gasteiger partial charge on any atom is 0.262 e. The van der Waals surface area contributed by atoms with Crippen LogP contribution >= 0.6 is 0 Å². The number of nitrogens with zero attached hydrogens (tertiary/aromatic N) is 4. The second-order valence-corrected chi connectivity index (χ2v) is 6.13. The molecule has 140 valence electrons. The molecule has 3 aromatic rings. The van der Waals surface area contributed by atoms with Gasteiger partial charge in [0.1, 0.15) is 12.2 Å². The minimum atomic E-state index is -0.314. The van der Waals surface area contributed by atoms with Crippen molar-refractivity contribution in [2.75, 3.05) is 19.0 Å². The van der Waals surface area contributed by atoms with Gasteiger partial charge in [-0.3, -0.25) is 14.2 Å². The lowest BCUT2D eigenvalue weighted by atomic mass is 10.2. The van der Waals surface area contributed by atoms with Gasteiger partial charge in [0.2, 0.25) is 5.88 Å². The van der Waals surface area contributed by atoms with Crippen LogP contribution in [-0.4, -0.2) is 45.3 Å². The van der Waals surface area contributed by atoms with Crippen LogP contribution in [0.2, 0.25) is 0 Å². The van der Waals surface area contributed by atoms with Gasteiger partial charge in [-0.05, 0) is 12.1 Å². The molecule has 9 heteroatoms. The number of amides is 1. The second-order valence-electron chi connectivity index (χ2n) is 6.13. The van der Waals surface area contributed by atoms with Crippen molar-refractivity contribution in [1.82, 2.24) is 19.6 Å². The third kappa shape index (κ3) is 3.57. The first-order chi connectivity index (χ1) is 13.1. The third-order valence-electron chi connectivity index (χ3n) is 4.08. The molecule has 0 saturated carbocycles. The summed E-state index contributed by atoms with van der Waals surface area (Å²) >= 11 is 0. The van der Waals surface area contributed by atoms with Gasteiger partial charge < -0.3 is 19.5 Å². The Hall–Kier alpha value is -3.49. The first-order valence-corrected chi connectivity index (χ1v) is 8.42. The van der Waals surface area contributed by atoms with Gasteiger partial charge in [0, 0.05) is 19.4 Å². The van der Waals surface area contributed by atoms with Crippen molar-refractivity contribution in [3.05, 3.63) is 48.4 Å². The average molecular weight is 369 g/mol. The predicted octanol–water partition coefficient (Wildman–Crippen LogP) is 1.72. The van der Waals surface area contributed by atoms with E-state index in [-0.39, 0.29) is 17.9 Å². The summed E-state index contributed by atoms with van der Waals surface area (Å²) in [7, 11) is 3.20. The summed E-state index contributed by atoms with van der Waals surface area (Å²) in [6.07, 6.45) is 4.76. The number of hydrogen-bond acceptors (Lipinski definition) is 6. The number of rotatable bonds is 5. The van der Waals surface area contributed by atoms with Crippen LogP contribution in [0, 0.1) is 0 Å². The van der Waals surface area contributed by atoms with Crippen LogP contribution in [0.5, 0.6) is 17.4 Å². The molecule has 2 aromatic heterocycles. The number of aryl methyl sites for hydroxylation is 1. The van der Waals surface area contributed by atoms with Crippen molar-refractivity contribution in [1.29, 1.82) is 0 Å². The van der Waals surface area contributed by atoms with E-state index in [0.717, 1.165) is 11.5 Å². The topological polar surface area (TPSA) is 92.4 Å². The Morgan fingerprint density at radius 2 is 2.15 bits per heavy atom. The largest absolute Gasteiger partial charge is 0.486 e. The van der Waals surface area contributed by atoms with E-state index in [1.54, 1.807) is 30.3 Å². The summed E-state index contributed by atoms with van der Waals surface area (Å²) in [6.45, 7) is 0.936. The van der Waals surface area contributed by atoms with Crippen LogP contribution < -0.4 is 19.5 Å². The fourth-order valence-electron chi connectivity index (χ4n) is 2.86. The molecule has 1 aromatic carbocycles. The first-order valence-electron chi connectivity index (χ1n) is 8.42. The highest BCUT2D eigenvalue weighted by molar-refractivity contribution is 6.05. The highest BCUT2D eigenvalue weighted by Gasteiger charge is 2.22. The summed E-state index contributed by atoms with van der Waals surface area (Å²) in [4.78, 5) is 12.4. The van der Waals surface area contributed by atoms with Crippen molar-refractivity contribution in [3.8, 4) is 17.4 Å². The number of fused-ring (bicyclic) bond motifs is 1. The average Bonchev–Trinajstić information content (AvgIpc) is 3.27. The number of ether oxygens (including phenoxy) is 3. The van der Waals surface area contributed by atoms with E-state index in [4.69, 9.17) is 14.2 Å². The smallest absolute Gasteiger partial charge is 0.262 e. The standard InChI is InChI=1S/C18H19N5O4/c1-22-10-14(18(21-22)25-2)17(24)20-12-7-19-23(8-12)9-13-11-26-15-5-3-4-6-16(15)27-13/h3-8,10,13H,9,11H2,1-2H3,(H,20,24)/t13-/m1/s1. The van der Waals surface area contributed by atoms with Gasteiger partial charge in [-0.25, -0.2) is 0 Å². The minimum absolute atomic E-state index is 0.165. The molecular formula is C18H19N5O4. The Kier molecular flexibility index (Phi) is 4.41. The van der Waals surface area contributed by atoms with Crippen molar-refractivity contribution in [3.63, 3.8) is 0 Å². The monoisotopic (exact) mass is 369 g/mol. The van der Waals surface area contributed by atoms with Gasteiger partial charge in [0.15, 0.2) is 17.6 Å². The zero-order valence-electron chi connectivity index (χ0n) is 15.0. The van der Waals surface area contributed by atoms with E-state index >= 15 is 0 Å². The van der Waals surface area contributed by atoms with Crippen LogP contribution in [0.15, 0.2) is 42.9 Å². The molecule has 0 unspecified atom stereocenters. The molecule has 0 spiro atoms. The number of carbonyl (C=O) groups excluding carboxylic acids is 1. The Morgan fingerprint density at radius 3 is 2.96 bits per heavy atom. The second kappa shape index (κ2) is 7.02. The van der Waals surface area contributed by atoms with Crippen molar-refractivity contribution in [2.45, 2.75) is 12.6 Å². The van der Waals surface area contributed by atoms with Crippen LogP contribution in [0.25, 0.3) is 0 Å². The van der Waals surface area contributed by atoms with Gasteiger partial charge in [0.05, 0.1) is 25.5 Å². The van der Waals surface area contributed by atoms with E-state index in [2.05, 4.69) is 15.5 Å². The Balaban J connectivity index is 1.40. The van der Waals surface area contributed by atoms with E-state index < -0.39 is 0 Å². The maximum absolute atomic E-state index is 12.4. The van der Waals surface area contributed by atoms with Gasteiger partial charge in [-0.15, -0.1) is 5.10 Å². The molecule has 1 atom stereocenters. The van der Waals surface area contributed by atoms with E-state index in [1.807, 2.05) is 24.3 Å². The molecule has 0 aliphatic carbocycles.